The van der Waals surface area contributed by atoms with Crippen molar-refractivity contribution >= 4 is 11.3 Å². The predicted molar refractivity (Wildman–Crippen MR) is 73.1 cm³/mol. The maximum atomic E-state index is 9.60. The fraction of sp³-hybridized carbons (Fsp3) is 0.769. The molecule has 1 aliphatic rings. The van der Waals surface area contributed by atoms with Gasteiger partial charge >= 0.3 is 0 Å². The van der Waals surface area contributed by atoms with Crippen LogP contribution in [0, 0.1) is 0 Å². The Bertz CT molecular complexity index is 358. The summed E-state index contributed by atoms with van der Waals surface area (Å²) in [6.45, 7) is 3.01. The van der Waals surface area contributed by atoms with Gasteiger partial charge in [-0.25, -0.2) is 4.98 Å². The second-order valence-corrected chi connectivity index (χ2v) is 5.98. The Labute approximate surface area is 112 Å². The summed E-state index contributed by atoms with van der Waals surface area (Å²) in [5.41, 5.74) is 1.30. The molecule has 1 heterocycles. The lowest BCUT2D eigenvalue weighted by atomic mass is 10.0. The SMILES string of the molecule is COCC(O)CNC(C)c1nc2c(s1)CCCC2. The standard InChI is InChI=1S/C13H22N2O2S/c1-9(14-7-10(16)8-17-2)13-15-11-5-3-4-6-12(11)18-13/h9-10,14,16H,3-8H2,1-2H3. The van der Waals surface area contributed by atoms with E-state index in [0.29, 0.717) is 13.2 Å². The van der Waals surface area contributed by atoms with Gasteiger partial charge in [-0.15, -0.1) is 11.3 Å². The zero-order chi connectivity index (χ0) is 13.0. The third-order valence-electron chi connectivity index (χ3n) is 3.25. The molecule has 0 saturated carbocycles. The number of nitrogens with zero attached hydrogens (tertiary/aromatic N) is 1. The maximum absolute atomic E-state index is 9.60. The van der Waals surface area contributed by atoms with E-state index in [1.807, 2.05) is 11.3 Å². The first kappa shape index (κ1) is 13.9. The van der Waals surface area contributed by atoms with Crippen LogP contribution in [0.5, 0.6) is 0 Å². The summed E-state index contributed by atoms with van der Waals surface area (Å²) < 4.78 is 4.90. The van der Waals surface area contributed by atoms with Crippen LogP contribution in [0.1, 0.15) is 41.4 Å². The van der Waals surface area contributed by atoms with Crippen LogP contribution in [0.15, 0.2) is 0 Å². The normalized spacial score (nSPS) is 18.4. The lowest BCUT2D eigenvalue weighted by molar-refractivity contribution is 0.0630. The molecular weight excluding hydrogens is 248 g/mol. The Morgan fingerprint density at radius 2 is 2.22 bits per heavy atom. The second-order valence-electron chi connectivity index (χ2n) is 4.87. The van der Waals surface area contributed by atoms with E-state index in [1.54, 1.807) is 7.11 Å². The van der Waals surface area contributed by atoms with Crippen molar-refractivity contribution in [2.75, 3.05) is 20.3 Å². The van der Waals surface area contributed by atoms with Gasteiger partial charge in [-0.2, -0.15) is 0 Å². The van der Waals surface area contributed by atoms with Crippen LogP contribution >= 0.6 is 11.3 Å². The zero-order valence-corrected chi connectivity index (χ0v) is 11.9. The molecule has 4 nitrogen and oxygen atoms in total. The molecule has 0 saturated heterocycles. The average Bonchev–Trinajstić information content (AvgIpc) is 2.80. The highest BCUT2D eigenvalue weighted by Crippen LogP contribution is 2.29. The Kier molecular flexibility index (Phi) is 5.12. The van der Waals surface area contributed by atoms with Crippen LogP contribution in [0.2, 0.25) is 0 Å². The van der Waals surface area contributed by atoms with Gasteiger partial charge in [-0.3, -0.25) is 0 Å². The van der Waals surface area contributed by atoms with Gasteiger partial charge in [-0.05, 0) is 32.6 Å². The summed E-state index contributed by atoms with van der Waals surface area (Å²) in [4.78, 5) is 6.18. The van der Waals surface area contributed by atoms with E-state index in [0.717, 1.165) is 11.4 Å². The Hall–Kier alpha value is -0.490. The number of hydrogen-bond donors (Lipinski definition) is 2. The number of fused-ring (bicyclic) bond motifs is 1. The van der Waals surface area contributed by atoms with Crippen LogP contribution in [0.25, 0.3) is 0 Å². The molecule has 0 bridgehead atoms. The van der Waals surface area contributed by atoms with Crippen molar-refractivity contribution in [1.82, 2.24) is 10.3 Å². The monoisotopic (exact) mass is 270 g/mol. The van der Waals surface area contributed by atoms with E-state index >= 15 is 0 Å². The number of thiazole rings is 1. The topological polar surface area (TPSA) is 54.4 Å². The van der Waals surface area contributed by atoms with Crippen LogP contribution in [-0.4, -0.2) is 36.5 Å². The smallest absolute Gasteiger partial charge is 0.110 e. The first-order valence-corrected chi connectivity index (χ1v) is 7.41. The van der Waals surface area contributed by atoms with Crippen LogP contribution < -0.4 is 5.32 Å². The van der Waals surface area contributed by atoms with Gasteiger partial charge in [-0.1, -0.05) is 0 Å². The van der Waals surface area contributed by atoms with Gasteiger partial charge in [0.05, 0.1) is 24.4 Å². The molecular formula is C13H22N2O2S. The first-order valence-electron chi connectivity index (χ1n) is 6.59. The number of hydrogen-bond acceptors (Lipinski definition) is 5. The summed E-state index contributed by atoms with van der Waals surface area (Å²) in [6.07, 6.45) is 4.43. The molecule has 18 heavy (non-hydrogen) atoms. The molecule has 1 aromatic rings. The second kappa shape index (κ2) is 6.61. The third-order valence-corrected chi connectivity index (χ3v) is 4.59. The molecule has 0 aromatic carbocycles. The molecule has 0 spiro atoms. The van der Waals surface area contributed by atoms with E-state index in [9.17, 15) is 5.11 Å². The van der Waals surface area contributed by atoms with Crippen molar-refractivity contribution in [2.24, 2.45) is 0 Å². The highest BCUT2D eigenvalue weighted by atomic mass is 32.1. The molecule has 1 aromatic heterocycles. The highest BCUT2D eigenvalue weighted by molar-refractivity contribution is 7.11. The van der Waals surface area contributed by atoms with E-state index in [-0.39, 0.29) is 6.04 Å². The van der Waals surface area contributed by atoms with Crippen molar-refractivity contribution in [2.45, 2.75) is 44.8 Å². The number of rotatable bonds is 6. The molecule has 2 N–H and O–H groups in total. The van der Waals surface area contributed by atoms with Crippen LogP contribution in [0.4, 0.5) is 0 Å². The number of aryl methyl sites for hydroxylation is 2. The van der Waals surface area contributed by atoms with Crippen LogP contribution in [0.3, 0.4) is 0 Å². The lowest BCUT2D eigenvalue weighted by Gasteiger charge is -2.14. The number of aliphatic hydroxyl groups excluding tert-OH is 1. The lowest BCUT2D eigenvalue weighted by Crippen LogP contribution is -2.31. The summed E-state index contributed by atoms with van der Waals surface area (Å²) in [7, 11) is 1.60. The molecule has 1 aliphatic carbocycles. The largest absolute Gasteiger partial charge is 0.389 e. The summed E-state index contributed by atoms with van der Waals surface area (Å²) in [5.74, 6) is 0. The van der Waals surface area contributed by atoms with Gasteiger partial charge in [0, 0.05) is 18.5 Å². The number of nitrogens with one attached hydrogen (secondary N) is 1. The fourth-order valence-electron chi connectivity index (χ4n) is 2.21. The van der Waals surface area contributed by atoms with E-state index in [4.69, 9.17) is 9.72 Å². The zero-order valence-electron chi connectivity index (χ0n) is 11.1. The van der Waals surface area contributed by atoms with Crippen molar-refractivity contribution in [3.05, 3.63) is 15.6 Å². The average molecular weight is 270 g/mol. The van der Waals surface area contributed by atoms with Crippen molar-refractivity contribution in [1.29, 1.82) is 0 Å². The van der Waals surface area contributed by atoms with E-state index in [1.165, 1.54) is 29.8 Å². The molecule has 5 heteroatoms. The number of methoxy groups -OCH3 is 1. The molecule has 0 fully saturated rings. The third kappa shape index (κ3) is 3.51. The van der Waals surface area contributed by atoms with Crippen molar-refractivity contribution in [3.63, 3.8) is 0 Å². The fourth-order valence-corrected chi connectivity index (χ4v) is 3.39. The summed E-state index contributed by atoms with van der Waals surface area (Å²) >= 11 is 1.82. The number of aliphatic hydroxyl groups is 1. The van der Waals surface area contributed by atoms with Gasteiger partial charge < -0.3 is 15.2 Å². The molecule has 2 unspecified atom stereocenters. The predicted octanol–water partition coefficient (Wildman–Crippen LogP) is 1.68. The van der Waals surface area contributed by atoms with Crippen LogP contribution in [-0.2, 0) is 17.6 Å². The Balaban J connectivity index is 1.88. The first-order chi connectivity index (χ1) is 8.70. The van der Waals surface area contributed by atoms with E-state index in [2.05, 4.69) is 12.2 Å². The molecule has 0 radical (unpaired) electrons. The van der Waals surface area contributed by atoms with Crippen molar-refractivity contribution < 1.29 is 9.84 Å². The van der Waals surface area contributed by atoms with Gasteiger partial charge in [0.2, 0.25) is 0 Å². The Morgan fingerprint density at radius 3 is 2.94 bits per heavy atom. The molecule has 2 rings (SSSR count). The molecule has 2 atom stereocenters. The number of ether oxygens (including phenoxy) is 1. The summed E-state index contributed by atoms with van der Waals surface area (Å²) in [5, 5.41) is 14.1. The maximum Gasteiger partial charge on any atom is 0.110 e. The minimum Gasteiger partial charge on any atom is -0.389 e. The van der Waals surface area contributed by atoms with Gasteiger partial charge in [0.1, 0.15) is 5.01 Å². The molecule has 0 amide bonds. The quantitative estimate of drug-likeness (QED) is 0.826. The molecule has 0 aliphatic heterocycles. The Morgan fingerprint density at radius 1 is 1.44 bits per heavy atom. The molecule has 102 valence electrons. The van der Waals surface area contributed by atoms with Crippen molar-refractivity contribution in [3.8, 4) is 0 Å². The van der Waals surface area contributed by atoms with Gasteiger partial charge in [0.25, 0.3) is 0 Å². The minimum atomic E-state index is -0.452. The highest BCUT2D eigenvalue weighted by Gasteiger charge is 2.18. The van der Waals surface area contributed by atoms with Gasteiger partial charge in [0.15, 0.2) is 0 Å². The summed E-state index contributed by atoms with van der Waals surface area (Å²) in [6, 6.07) is 0.201. The minimum absolute atomic E-state index is 0.201. The van der Waals surface area contributed by atoms with E-state index < -0.39 is 6.10 Å². The number of aromatic nitrogens is 1.